The van der Waals surface area contributed by atoms with E-state index in [2.05, 4.69) is 16.2 Å². The lowest BCUT2D eigenvalue weighted by molar-refractivity contribution is 0.318. The summed E-state index contributed by atoms with van der Waals surface area (Å²) in [4.78, 5) is 2.45. The Morgan fingerprint density at radius 2 is 2.50 bits per heavy atom. The highest BCUT2D eigenvalue weighted by molar-refractivity contribution is 5.03. The molecule has 0 spiro atoms. The van der Waals surface area contributed by atoms with Crippen molar-refractivity contribution >= 4 is 0 Å². The third kappa shape index (κ3) is 2.13. The lowest BCUT2D eigenvalue weighted by Crippen LogP contribution is -2.22. The van der Waals surface area contributed by atoms with Crippen LogP contribution in [0.25, 0.3) is 0 Å². The number of rotatable bonds is 3. The van der Waals surface area contributed by atoms with Crippen LogP contribution in [-0.4, -0.2) is 34.3 Å². The van der Waals surface area contributed by atoms with E-state index in [1.165, 1.54) is 18.5 Å². The van der Waals surface area contributed by atoms with Gasteiger partial charge in [0.25, 0.3) is 0 Å². The van der Waals surface area contributed by atoms with E-state index in [0.29, 0.717) is 5.92 Å². The Hall–Kier alpha value is -0.870. The number of likely N-dealkylation sites (tertiary alicyclic amines) is 1. The molecule has 4 nitrogen and oxygen atoms in total. The van der Waals surface area contributed by atoms with Crippen molar-refractivity contribution < 1.29 is 0 Å². The number of nitrogens with zero attached hydrogens (tertiary/aromatic N) is 3. The average Bonchev–Trinajstić information content (AvgIpc) is 2.76. The SMILES string of the molecule is Cn1cc(CN2CCC(CN)C2)cn1. The highest BCUT2D eigenvalue weighted by atomic mass is 15.2. The van der Waals surface area contributed by atoms with E-state index in [9.17, 15) is 0 Å². The summed E-state index contributed by atoms with van der Waals surface area (Å²) in [5.74, 6) is 0.701. The lowest BCUT2D eigenvalue weighted by atomic mass is 10.1. The molecule has 2 heterocycles. The molecule has 14 heavy (non-hydrogen) atoms. The molecule has 1 aliphatic heterocycles. The number of nitrogens with two attached hydrogens (primary N) is 1. The van der Waals surface area contributed by atoms with Crippen LogP contribution < -0.4 is 5.73 Å². The van der Waals surface area contributed by atoms with E-state index in [4.69, 9.17) is 5.73 Å². The second-order valence-corrected chi connectivity index (χ2v) is 4.15. The van der Waals surface area contributed by atoms with E-state index in [1.54, 1.807) is 0 Å². The van der Waals surface area contributed by atoms with Crippen molar-refractivity contribution in [3.05, 3.63) is 18.0 Å². The summed E-state index contributed by atoms with van der Waals surface area (Å²) < 4.78 is 1.85. The molecular formula is C10H18N4. The maximum atomic E-state index is 5.65. The van der Waals surface area contributed by atoms with Crippen LogP contribution >= 0.6 is 0 Å². The molecule has 0 amide bonds. The van der Waals surface area contributed by atoms with E-state index in [-0.39, 0.29) is 0 Å². The first-order valence-electron chi connectivity index (χ1n) is 5.18. The molecule has 1 atom stereocenters. The van der Waals surface area contributed by atoms with Crippen molar-refractivity contribution in [2.75, 3.05) is 19.6 Å². The summed E-state index contributed by atoms with van der Waals surface area (Å²) >= 11 is 0. The minimum absolute atomic E-state index is 0.701. The second kappa shape index (κ2) is 4.11. The van der Waals surface area contributed by atoms with Gasteiger partial charge in [-0.05, 0) is 25.4 Å². The van der Waals surface area contributed by atoms with Gasteiger partial charge in [-0.2, -0.15) is 5.10 Å². The highest BCUT2D eigenvalue weighted by Gasteiger charge is 2.21. The van der Waals surface area contributed by atoms with Gasteiger partial charge >= 0.3 is 0 Å². The normalized spacial score (nSPS) is 23.1. The van der Waals surface area contributed by atoms with E-state index < -0.39 is 0 Å². The van der Waals surface area contributed by atoms with Crippen molar-refractivity contribution in [3.8, 4) is 0 Å². The largest absolute Gasteiger partial charge is 0.330 e. The molecule has 2 rings (SSSR count). The molecule has 78 valence electrons. The van der Waals surface area contributed by atoms with E-state index in [0.717, 1.165) is 19.6 Å². The monoisotopic (exact) mass is 194 g/mol. The Balaban J connectivity index is 1.87. The Morgan fingerprint density at radius 3 is 3.07 bits per heavy atom. The zero-order chi connectivity index (χ0) is 9.97. The number of aryl methyl sites for hydroxylation is 1. The minimum atomic E-state index is 0.701. The fraction of sp³-hybridized carbons (Fsp3) is 0.700. The molecule has 2 N–H and O–H groups in total. The van der Waals surface area contributed by atoms with Gasteiger partial charge in [-0.3, -0.25) is 9.58 Å². The molecule has 1 aliphatic rings. The van der Waals surface area contributed by atoms with Crippen molar-refractivity contribution in [1.82, 2.24) is 14.7 Å². The molecule has 0 aromatic carbocycles. The van der Waals surface area contributed by atoms with Gasteiger partial charge in [0.05, 0.1) is 6.20 Å². The highest BCUT2D eigenvalue weighted by Crippen LogP contribution is 2.16. The third-order valence-corrected chi connectivity index (χ3v) is 2.87. The topological polar surface area (TPSA) is 47.1 Å². The zero-order valence-corrected chi connectivity index (χ0v) is 8.69. The van der Waals surface area contributed by atoms with Gasteiger partial charge in [-0.25, -0.2) is 0 Å². The molecular weight excluding hydrogens is 176 g/mol. The van der Waals surface area contributed by atoms with Crippen molar-refractivity contribution in [2.45, 2.75) is 13.0 Å². The summed E-state index contributed by atoms with van der Waals surface area (Å²) in [6.07, 6.45) is 5.27. The van der Waals surface area contributed by atoms with Gasteiger partial charge in [-0.15, -0.1) is 0 Å². The number of hydrogen-bond acceptors (Lipinski definition) is 3. The predicted molar refractivity (Wildman–Crippen MR) is 55.6 cm³/mol. The van der Waals surface area contributed by atoms with Crippen LogP contribution in [0, 0.1) is 5.92 Å². The Kier molecular flexibility index (Phi) is 2.84. The quantitative estimate of drug-likeness (QED) is 0.747. The predicted octanol–water partition coefficient (Wildman–Crippen LogP) is 0.201. The molecule has 1 unspecified atom stereocenters. The van der Waals surface area contributed by atoms with Crippen molar-refractivity contribution in [1.29, 1.82) is 0 Å². The smallest absolute Gasteiger partial charge is 0.0534 e. The van der Waals surface area contributed by atoms with Gasteiger partial charge < -0.3 is 5.73 Å². The van der Waals surface area contributed by atoms with Crippen LogP contribution in [0.4, 0.5) is 0 Å². The van der Waals surface area contributed by atoms with Crippen LogP contribution in [0.2, 0.25) is 0 Å². The summed E-state index contributed by atoms with van der Waals surface area (Å²) in [7, 11) is 1.95. The minimum Gasteiger partial charge on any atom is -0.330 e. The van der Waals surface area contributed by atoms with Gasteiger partial charge in [0, 0.05) is 31.9 Å². The Labute approximate surface area is 84.7 Å². The standard InChI is InChI=1S/C10H18N4/c1-13-6-10(5-12-13)8-14-3-2-9(4-11)7-14/h5-6,9H,2-4,7-8,11H2,1H3. The first kappa shape index (κ1) is 9.68. The first-order valence-corrected chi connectivity index (χ1v) is 5.18. The maximum Gasteiger partial charge on any atom is 0.0534 e. The van der Waals surface area contributed by atoms with Gasteiger partial charge in [-0.1, -0.05) is 0 Å². The average molecular weight is 194 g/mol. The number of aromatic nitrogens is 2. The molecule has 0 bridgehead atoms. The summed E-state index contributed by atoms with van der Waals surface area (Å²) in [5, 5.41) is 4.16. The Morgan fingerprint density at radius 1 is 1.64 bits per heavy atom. The van der Waals surface area contributed by atoms with Crippen molar-refractivity contribution in [2.24, 2.45) is 18.7 Å². The van der Waals surface area contributed by atoms with Crippen LogP contribution in [0.5, 0.6) is 0 Å². The fourth-order valence-corrected chi connectivity index (χ4v) is 2.06. The Bertz CT molecular complexity index is 294. The maximum absolute atomic E-state index is 5.65. The van der Waals surface area contributed by atoms with Gasteiger partial charge in [0.2, 0.25) is 0 Å². The van der Waals surface area contributed by atoms with Gasteiger partial charge in [0.15, 0.2) is 0 Å². The van der Waals surface area contributed by atoms with Crippen LogP contribution in [0.1, 0.15) is 12.0 Å². The lowest BCUT2D eigenvalue weighted by Gasteiger charge is -2.13. The molecule has 1 saturated heterocycles. The molecule has 0 radical (unpaired) electrons. The zero-order valence-electron chi connectivity index (χ0n) is 8.69. The molecule has 0 saturated carbocycles. The summed E-state index contributed by atoms with van der Waals surface area (Å²) in [6.45, 7) is 4.16. The molecule has 1 aromatic rings. The summed E-state index contributed by atoms with van der Waals surface area (Å²) in [6, 6.07) is 0. The number of hydrogen-bond donors (Lipinski definition) is 1. The van der Waals surface area contributed by atoms with Gasteiger partial charge in [0.1, 0.15) is 0 Å². The van der Waals surface area contributed by atoms with Crippen LogP contribution in [-0.2, 0) is 13.6 Å². The second-order valence-electron chi connectivity index (χ2n) is 4.15. The van der Waals surface area contributed by atoms with E-state index >= 15 is 0 Å². The van der Waals surface area contributed by atoms with E-state index in [1.807, 2.05) is 17.9 Å². The van der Waals surface area contributed by atoms with Crippen LogP contribution in [0.15, 0.2) is 12.4 Å². The fourth-order valence-electron chi connectivity index (χ4n) is 2.06. The molecule has 1 fully saturated rings. The van der Waals surface area contributed by atoms with Crippen LogP contribution in [0.3, 0.4) is 0 Å². The molecule has 0 aliphatic carbocycles. The summed E-state index contributed by atoms with van der Waals surface area (Å²) in [5.41, 5.74) is 6.95. The third-order valence-electron chi connectivity index (χ3n) is 2.87. The molecule has 4 heteroatoms. The first-order chi connectivity index (χ1) is 6.78. The van der Waals surface area contributed by atoms with Crippen molar-refractivity contribution in [3.63, 3.8) is 0 Å². The molecule has 1 aromatic heterocycles.